The van der Waals surface area contributed by atoms with E-state index in [9.17, 15) is 9.59 Å². The first kappa shape index (κ1) is 16.1. The summed E-state index contributed by atoms with van der Waals surface area (Å²) in [6.45, 7) is 9.79. The van der Waals surface area contributed by atoms with Gasteiger partial charge in [-0.2, -0.15) is 0 Å². The van der Waals surface area contributed by atoms with E-state index >= 15 is 0 Å². The Bertz CT molecular complexity index is 258. The van der Waals surface area contributed by atoms with Crippen molar-refractivity contribution >= 4 is 11.8 Å². The lowest BCUT2D eigenvalue weighted by Gasteiger charge is -2.25. The van der Waals surface area contributed by atoms with Crippen molar-refractivity contribution in [2.24, 2.45) is 17.8 Å². The van der Waals surface area contributed by atoms with Crippen molar-refractivity contribution in [2.75, 3.05) is 13.7 Å². The Hall–Kier alpha value is -0.900. The number of ketones is 1. The van der Waals surface area contributed by atoms with Gasteiger partial charge in [0.1, 0.15) is 12.0 Å². The number of ether oxygens (including phenoxy) is 2. The maximum Gasteiger partial charge on any atom is 0.316 e. The molecule has 0 fully saturated rings. The maximum absolute atomic E-state index is 12.3. The number of methoxy groups -OCH3 is 1. The highest BCUT2D eigenvalue weighted by Crippen LogP contribution is 2.20. The van der Waals surface area contributed by atoms with Crippen LogP contribution in [0.3, 0.4) is 0 Å². The molecule has 2 unspecified atom stereocenters. The first-order chi connectivity index (χ1) is 7.86. The monoisotopic (exact) mass is 244 g/mol. The summed E-state index contributed by atoms with van der Waals surface area (Å²) in [5.41, 5.74) is 0. The number of carbonyl (C=O) groups is 2. The summed E-state index contributed by atoms with van der Waals surface area (Å²) in [6.07, 6.45) is -0.536. The number of hydrogen-bond donors (Lipinski definition) is 0. The number of Topliss-reactive ketones (excluding diaryl/α,β-unsaturated/α-hetero) is 1. The van der Waals surface area contributed by atoms with E-state index in [1.807, 2.05) is 34.6 Å². The number of esters is 1. The fourth-order valence-corrected chi connectivity index (χ4v) is 1.80. The molecule has 0 aromatic heterocycles. The molecule has 0 heterocycles. The maximum atomic E-state index is 12.3. The standard InChI is InChI=1S/C13H24O4/c1-7-17-12(9(4)5)11(14)10(8(2)3)13(15)16-6/h8-10,12H,7H2,1-6H3. The summed E-state index contributed by atoms with van der Waals surface area (Å²) in [7, 11) is 1.30. The summed E-state index contributed by atoms with van der Waals surface area (Å²) >= 11 is 0. The van der Waals surface area contributed by atoms with E-state index < -0.39 is 18.0 Å². The van der Waals surface area contributed by atoms with E-state index in [4.69, 9.17) is 4.74 Å². The quantitative estimate of drug-likeness (QED) is 0.508. The molecule has 0 amide bonds. The smallest absolute Gasteiger partial charge is 0.316 e. The van der Waals surface area contributed by atoms with Gasteiger partial charge < -0.3 is 9.47 Å². The van der Waals surface area contributed by atoms with Crippen LogP contribution in [-0.2, 0) is 19.1 Å². The summed E-state index contributed by atoms with van der Waals surface area (Å²) in [6, 6.07) is 0. The van der Waals surface area contributed by atoms with Crippen molar-refractivity contribution in [1.82, 2.24) is 0 Å². The lowest BCUT2D eigenvalue weighted by molar-refractivity contribution is -0.156. The van der Waals surface area contributed by atoms with Gasteiger partial charge in [0.15, 0.2) is 5.78 Å². The average molecular weight is 244 g/mol. The zero-order valence-electron chi connectivity index (χ0n) is 11.6. The van der Waals surface area contributed by atoms with Gasteiger partial charge in [-0.05, 0) is 18.8 Å². The van der Waals surface area contributed by atoms with E-state index in [1.54, 1.807) is 0 Å². The SMILES string of the molecule is CCOC(C(=O)C(C(=O)OC)C(C)C)C(C)C. The molecule has 0 saturated carbocycles. The molecule has 100 valence electrons. The minimum Gasteiger partial charge on any atom is -0.468 e. The van der Waals surface area contributed by atoms with Crippen LogP contribution >= 0.6 is 0 Å². The van der Waals surface area contributed by atoms with Crippen molar-refractivity contribution in [3.05, 3.63) is 0 Å². The van der Waals surface area contributed by atoms with Crippen LogP contribution in [0.25, 0.3) is 0 Å². The zero-order valence-corrected chi connectivity index (χ0v) is 11.6. The topological polar surface area (TPSA) is 52.6 Å². The normalized spacial score (nSPS) is 14.8. The van der Waals surface area contributed by atoms with Gasteiger partial charge in [0, 0.05) is 6.61 Å². The van der Waals surface area contributed by atoms with Gasteiger partial charge in [0.2, 0.25) is 0 Å². The molecule has 17 heavy (non-hydrogen) atoms. The Morgan fingerprint density at radius 1 is 1.06 bits per heavy atom. The van der Waals surface area contributed by atoms with Gasteiger partial charge in [-0.15, -0.1) is 0 Å². The van der Waals surface area contributed by atoms with Crippen molar-refractivity contribution < 1.29 is 19.1 Å². The molecule has 0 aliphatic rings. The Morgan fingerprint density at radius 3 is 1.88 bits per heavy atom. The molecule has 0 radical (unpaired) electrons. The van der Waals surface area contributed by atoms with Crippen molar-refractivity contribution in [2.45, 2.75) is 40.7 Å². The molecule has 0 saturated heterocycles. The minimum absolute atomic E-state index is 0.0494. The second kappa shape index (κ2) is 7.43. The van der Waals surface area contributed by atoms with Gasteiger partial charge in [-0.25, -0.2) is 0 Å². The lowest BCUT2D eigenvalue weighted by Crippen LogP contribution is -2.41. The molecular formula is C13H24O4. The van der Waals surface area contributed by atoms with Crippen LogP contribution in [0, 0.1) is 17.8 Å². The molecule has 0 aromatic carbocycles. The summed E-state index contributed by atoms with van der Waals surface area (Å²) in [5, 5.41) is 0. The third kappa shape index (κ3) is 4.46. The molecule has 0 N–H and O–H groups in total. The highest BCUT2D eigenvalue weighted by Gasteiger charge is 2.37. The fourth-order valence-electron chi connectivity index (χ4n) is 1.80. The van der Waals surface area contributed by atoms with Crippen molar-refractivity contribution in [1.29, 1.82) is 0 Å². The molecule has 0 bridgehead atoms. The lowest BCUT2D eigenvalue weighted by atomic mass is 9.85. The summed E-state index contributed by atoms with van der Waals surface area (Å²) in [4.78, 5) is 23.9. The molecule has 0 aliphatic carbocycles. The Morgan fingerprint density at radius 2 is 1.59 bits per heavy atom. The largest absolute Gasteiger partial charge is 0.468 e. The molecule has 0 aliphatic heterocycles. The van der Waals surface area contributed by atoms with E-state index in [1.165, 1.54) is 7.11 Å². The molecule has 0 spiro atoms. The van der Waals surface area contributed by atoms with E-state index in [0.717, 1.165) is 0 Å². The van der Waals surface area contributed by atoms with E-state index in [-0.39, 0.29) is 17.6 Å². The van der Waals surface area contributed by atoms with Crippen LogP contribution in [0.2, 0.25) is 0 Å². The van der Waals surface area contributed by atoms with Crippen LogP contribution in [0.15, 0.2) is 0 Å². The molecule has 4 nitrogen and oxygen atoms in total. The van der Waals surface area contributed by atoms with E-state index in [0.29, 0.717) is 6.61 Å². The predicted molar refractivity (Wildman–Crippen MR) is 65.6 cm³/mol. The molecule has 0 aromatic rings. The van der Waals surface area contributed by atoms with Gasteiger partial charge in [-0.3, -0.25) is 9.59 Å². The first-order valence-corrected chi connectivity index (χ1v) is 6.09. The third-order valence-electron chi connectivity index (χ3n) is 2.66. The summed E-state index contributed by atoms with van der Waals surface area (Å²) < 4.78 is 10.1. The van der Waals surface area contributed by atoms with Gasteiger partial charge >= 0.3 is 5.97 Å². The minimum atomic E-state index is -0.737. The number of hydrogen-bond acceptors (Lipinski definition) is 4. The molecule has 4 heteroatoms. The highest BCUT2D eigenvalue weighted by molar-refractivity contribution is 6.01. The summed E-state index contributed by atoms with van der Waals surface area (Å²) in [5.74, 6) is -1.43. The van der Waals surface area contributed by atoms with Gasteiger partial charge in [0.25, 0.3) is 0 Å². The van der Waals surface area contributed by atoms with Crippen molar-refractivity contribution in [3.8, 4) is 0 Å². The van der Waals surface area contributed by atoms with Crippen LogP contribution in [0.4, 0.5) is 0 Å². The average Bonchev–Trinajstić information content (AvgIpc) is 2.24. The fraction of sp³-hybridized carbons (Fsp3) is 0.846. The van der Waals surface area contributed by atoms with E-state index in [2.05, 4.69) is 4.74 Å². The van der Waals surface area contributed by atoms with Crippen LogP contribution in [0.5, 0.6) is 0 Å². The van der Waals surface area contributed by atoms with Crippen LogP contribution in [0.1, 0.15) is 34.6 Å². The zero-order chi connectivity index (χ0) is 13.6. The van der Waals surface area contributed by atoms with Crippen molar-refractivity contribution in [3.63, 3.8) is 0 Å². The molecular weight excluding hydrogens is 220 g/mol. The first-order valence-electron chi connectivity index (χ1n) is 6.09. The number of rotatable bonds is 7. The second-order valence-electron chi connectivity index (χ2n) is 4.77. The Balaban J connectivity index is 4.97. The van der Waals surface area contributed by atoms with Crippen LogP contribution in [-0.4, -0.2) is 31.6 Å². The number of carbonyl (C=O) groups excluding carboxylic acids is 2. The molecule has 0 rings (SSSR count). The molecule has 2 atom stereocenters. The highest BCUT2D eigenvalue weighted by atomic mass is 16.5. The van der Waals surface area contributed by atoms with Crippen LogP contribution < -0.4 is 0 Å². The second-order valence-corrected chi connectivity index (χ2v) is 4.77. The predicted octanol–water partition coefficient (Wildman–Crippen LogP) is 2.06. The Labute approximate surface area is 104 Å². The van der Waals surface area contributed by atoms with Gasteiger partial charge in [-0.1, -0.05) is 27.7 Å². The Kier molecular flexibility index (Phi) is 7.04. The van der Waals surface area contributed by atoms with Gasteiger partial charge in [0.05, 0.1) is 7.11 Å². The third-order valence-corrected chi connectivity index (χ3v) is 2.66.